The highest BCUT2D eigenvalue weighted by atomic mass is 19.1. The molecule has 2 rings (SSSR count). The molecule has 5 heteroatoms. The number of phenols is 1. The maximum Gasteiger partial charge on any atom is 0.217 e. The summed E-state index contributed by atoms with van der Waals surface area (Å²) < 4.78 is 18.4. The van der Waals surface area contributed by atoms with Gasteiger partial charge in [0.15, 0.2) is 0 Å². The molecule has 1 aromatic carbocycles. The van der Waals surface area contributed by atoms with E-state index in [4.69, 9.17) is 4.74 Å². The first-order valence-corrected chi connectivity index (χ1v) is 6.31. The summed E-state index contributed by atoms with van der Waals surface area (Å²) in [5.74, 6) is 0.255. The van der Waals surface area contributed by atoms with E-state index in [-0.39, 0.29) is 17.6 Å². The first-order valence-electron chi connectivity index (χ1n) is 6.31. The fourth-order valence-corrected chi connectivity index (χ4v) is 1.99. The third-order valence-electron chi connectivity index (χ3n) is 3.10. The predicted molar refractivity (Wildman–Crippen MR) is 74.1 cm³/mol. The van der Waals surface area contributed by atoms with Gasteiger partial charge in [-0.3, -0.25) is 0 Å². The third-order valence-corrected chi connectivity index (χ3v) is 3.10. The highest BCUT2D eigenvalue weighted by Gasteiger charge is 2.12. The number of pyridine rings is 1. The van der Waals surface area contributed by atoms with E-state index in [0.29, 0.717) is 18.0 Å². The molecule has 20 heavy (non-hydrogen) atoms. The molecule has 2 N–H and O–H groups in total. The van der Waals surface area contributed by atoms with Crippen LogP contribution in [0.3, 0.4) is 0 Å². The number of benzene rings is 1. The minimum atomic E-state index is -0.370. The summed E-state index contributed by atoms with van der Waals surface area (Å²) in [6.07, 6.45) is 1.66. The van der Waals surface area contributed by atoms with Crippen molar-refractivity contribution >= 4 is 0 Å². The van der Waals surface area contributed by atoms with Crippen molar-refractivity contribution in [3.63, 3.8) is 0 Å². The highest BCUT2D eigenvalue weighted by Crippen LogP contribution is 2.25. The molecular formula is C15H17FN2O2. The van der Waals surface area contributed by atoms with Crippen LogP contribution in [0.5, 0.6) is 11.6 Å². The average Bonchev–Trinajstić information content (AvgIpc) is 2.47. The molecule has 0 saturated heterocycles. The van der Waals surface area contributed by atoms with Crippen LogP contribution in [-0.2, 0) is 6.54 Å². The van der Waals surface area contributed by atoms with E-state index in [2.05, 4.69) is 10.3 Å². The summed E-state index contributed by atoms with van der Waals surface area (Å²) in [6.45, 7) is 2.37. The van der Waals surface area contributed by atoms with Crippen molar-refractivity contribution in [3.8, 4) is 11.6 Å². The van der Waals surface area contributed by atoms with Crippen molar-refractivity contribution in [2.24, 2.45) is 0 Å². The summed E-state index contributed by atoms with van der Waals surface area (Å²) in [5.41, 5.74) is 1.42. The topological polar surface area (TPSA) is 54.4 Å². The molecule has 1 unspecified atom stereocenters. The number of nitrogens with zero attached hydrogens (tertiary/aromatic N) is 1. The smallest absolute Gasteiger partial charge is 0.217 e. The Morgan fingerprint density at radius 3 is 2.95 bits per heavy atom. The first-order chi connectivity index (χ1) is 9.61. The number of rotatable bonds is 5. The van der Waals surface area contributed by atoms with Crippen LogP contribution in [0.25, 0.3) is 0 Å². The van der Waals surface area contributed by atoms with E-state index in [0.717, 1.165) is 5.56 Å². The van der Waals surface area contributed by atoms with Crippen LogP contribution in [0.1, 0.15) is 24.1 Å². The number of methoxy groups -OCH3 is 1. The van der Waals surface area contributed by atoms with Crippen molar-refractivity contribution in [2.45, 2.75) is 19.5 Å². The monoisotopic (exact) mass is 276 g/mol. The summed E-state index contributed by atoms with van der Waals surface area (Å²) in [4.78, 5) is 4.11. The van der Waals surface area contributed by atoms with Crippen molar-refractivity contribution in [3.05, 3.63) is 53.5 Å². The molecule has 1 atom stereocenters. The van der Waals surface area contributed by atoms with Crippen molar-refractivity contribution in [1.29, 1.82) is 0 Å². The number of phenolic OH excluding ortho intramolecular Hbond substituents is 1. The number of aromatic nitrogens is 1. The Hall–Kier alpha value is -2.14. The summed E-state index contributed by atoms with van der Waals surface area (Å²) in [7, 11) is 1.56. The Bertz CT molecular complexity index is 590. The third kappa shape index (κ3) is 3.24. The molecule has 106 valence electrons. The van der Waals surface area contributed by atoms with Crippen LogP contribution >= 0.6 is 0 Å². The second-order valence-electron chi connectivity index (χ2n) is 4.48. The molecule has 0 radical (unpaired) electrons. The molecule has 2 aromatic rings. The van der Waals surface area contributed by atoms with Crippen LogP contribution in [0.2, 0.25) is 0 Å². The fourth-order valence-electron chi connectivity index (χ4n) is 1.99. The van der Waals surface area contributed by atoms with E-state index < -0.39 is 0 Å². The zero-order valence-corrected chi connectivity index (χ0v) is 11.4. The molecule has 4 nitrogen and oxygen atoms in total. The molecular weight excluding hydrogens is 259 g/mol. The van der Waals surface area contributed by atoms with Gasteiger partial charge in [0.1, 0.15) is 11.6 Å². The lowest BCUT2D eigenvalue weighted by Gasteiger charge is -2.16. The number of aromatic hydroxyl groups is 1. The van der Waals surface area contributed by atoms with Crippen LogP contribution < -0.4 is 10.1 Å². The largest absolute Gasteiger partial charge is 0.508 e. The number of halogens is 1. The van der Waals surface area contributed by atoms with Crippen molar-refractivity contribution < 1.29 is 14.2 Å². The predicted octanol–water partition coefficient (Wildman–Crippen LogP) is 2.79. The Morgan fingerprint density at radius 1 is 1.40 bits per heavy atom. The van der Waals surface area contributed by atoms with E-state index in [1.807, 2.05) is 19.1 Å². The zero-order chi connectivity index (χ0) is 14.5. The minimum Gasteiger partial charge on any atom is -0.508 e. The minimum absolute atomic E-state index is 0.0737. The number of ether oxygens (including phenoxy) is 1. The maximum absolute atomic E-state index is 13.2. The maximum atomic E-state index is 13.2. The van der Waals surface area contributed by atoms with Crippen LogP contribution in [0.4, 0.5) is 4.39 Å². The van der Waals surface area contributed by atoms with Gasteiger partial charge in [0.05, 0.1) is 7.11 Å². The summed E-state index contributed by atoms with van der Waals surface area (Å²) in [6, 6.07) is 7.44. The number of hydrogen-bond acceptors (Lipinski definition) is 4. The van der Waals surface area contributed by atoms with Crippen LogP contribution in [0, 0.1) is 5.82 Å². The second-order valence-corrected chi connectivity index (χ2v) is 4.48. The van der Waals surface area contributed by atoms with Gasteiger partial charge in [-0.25, -0.2) is 9.37 Å². The number of hydrogen-bond donors (Lipinski definition) is 2. The van der Waals surface area contributed by atoms with Gasteiger partial charge in [0.25, 0.3) is 0 Å². The molecule has 0 aliphatic carbocycles. The molecule has 1 heterocycles. The van der Waals surface area contributed by atoms with E-state index in [1.54, 1.807) is 13.3 Å². The summed E-state index contributed by atoms with van der Waals surface area (Å²) >= 11 is 0. The van der Waals surface area contributed by atoms with Gasteiger partial charge in [-0.1, -0.05) is 6.07 Å². The van der Waals surface area contributed by atoms with Crippen molar-refractivity contribution in [1.82, 2.24) is 10.3 Å². The van der Waals surface area contributed by atoms with Crippen LogP contribution in [-0.4, -0.2) is 17.2 Å². The Balaban J connectivity index is 2.08. The zero-order valence-electron chi connectivity index (χ0n) is 11.4. The lowest BCUT2D eigenvalue weighted by atomic mass is 10.1. The van der Waals surface area contributed by atoms with Gasteiger partial charge in [0.2, 0.25) is 5.88 Å². The number of nitrogens with one attached hydrogen (secondary N) is 1. The quantitative estimate of drug-likeness (QED) is 0.881. The Kier molecular flexibility index (Phi) is 4.53. The molecule has 1 aromatic heterocycles. The molecule has 0 aliphatic heterocycles. The molecule has 0 saturated carbocycles. The Labute approximate surface area is 117 Å². The summed E-state index contributed by atoms with van der Waals surface area (Å²) in [5, 5.41) is 13.0. The van der Waals surface area contributed by atoms with Gasteiger partial charge >= 0.3 is 0 Å². The molecule has 0 fully saturated rings. The van der Waals surface area contributed by atoms with Crippen molar-refractivity contribution in [2.75, 3.05) is 7.11 Å². The lowest BCUT2D eigenvalue weighted by Crippen LogP contribution is -2.19. The normalized spacial score (nSPS) is 12.2. The molecule has 0 spiro atoms. The first kappa shape index (κ1) is 14.3. The van der Waals surface area contributed by atoms with Gasteiger partial charge in [-0.05, 0) is 31.2 Å². The standard InChI is InChI=1S/C15H17FN2O2/c1-10(13-8-12(16)5-6-14(13)19)18-9-11-4-3-7-17-15(11)20-2/h3-8,10,18-19H,9H2,1-2H3. The van der Waals surface area contributed by atoms with Gasteiger partial charge in [-0.15, -0.1) is 0 Å². The van der Waals surface area contributed by atoms with E-state index in [1.165, 1.54) is 18.2 Å². The van der Waals surface area contributed by atoms with Gasteiger partial charge in [0, 0.05) is 29.9 Å². The SMILES string of the molecule is COc1ncccc1CNC(C)c1cc(F)ccc1O. The van der Waals surface area contributed by atoms with Gasteiger partial charge in [-0.2, -0.15) is 0 Å². The van der Waals surface area contributed by atoms with E-state index >= 15 is 0 Å². The molecule has 0 amide bonds. The average molecular weight is 276 g/mol. The molecule has 0 aliphatic rings. The Morgan fingerprint density at radius 2 is 2.20 bits per heavy atom. The molecule has 0 bridgehead atoms. The van der Waals surface area contributed by atoms with Crippen LogP contribution in [0.15, 0.2) is 36.5 Å². The fraction of sp³-hybridized carbons (Fsp3) is 0.267. The van der Waals surface area contributed by atoms with Gasteiger partial charge < -0.3 is 15.2 Å². The lowest BCUT2D eigenvalue weighted by molar-refractivity contribution is 0.388. The second kappa shape index (κ2) is 6.34. The van der Waals surface area contributed by atoms with E-state index in [9.17, 15) is 9.50 Å². The highest BCUT2D eigenvalue weighted by molar-refractivity contribution is 5.35.